The van der Waals surface area contributed by atoms with Gasteiger partial charge in [0.2, 0.25) is 0 Å². The molecule has 2 aliphatic heterocycles. The monoisotopic (exact) mass is 391 g/mol. The summed E-state index contributed by atoms with van der Waals surface area (Å²) in [5.74, 6) is 0.463. The van der Waals surface area contributed by atoms with Gasteiger partial charge in [-0.05, 0) is 24.1 Å². The summed E-state index contributed by atoms with van der Waals surface area (Å²) < 4.78 is 13.0. The van der Waals surface area contributed by atoms with Gasteiger partial charge in [0.05, 0.1) is 30.7 Å². The van der Waals surface area contributed by atoms with Crippen LogP contribution >= 0.6 is 0 Å². The van der Waals surface area contributed by atoms with E-state index < -0.39 is 0 Å². The van der Waals surface area contributed by atoms with Crippen LogP contribution < -0.4 is 0 Å². The zero-order valence-electron chi connectivity index (χ0n) is 16.1. The number of nitrogens with zero attached hydrogens (tertiary/aromatic N) is 5. The van der Waals surface area contributed by atoms with Crippen molar-refractivity contribution in [2.24, 2.45) is 0 Å². The highest BCUT2D eigenvalue weighted by Gasteiger charge is 2.29. The quantitative estimate of drug-likeness (QED) is 0.631. The van der Waals surface area contributed by atoms with E-state index in [9.17, 15) is 4.79 Å². The number of morpholine rings is 1. The Balaban J connectivity index is 1.31. The molecule has 1 aromatic carbocycles. The molecule has 0 aliphatic carbocycles. The Morgan fingerprint density at radius 3 is 3.03 bits per heavy atom. The number of rotatable bonds is 4. The molecule has 0 bridgehead atoms. The number of hydrogen-bond donors (Lipinski definition) is 0. The number of benzene rings is 1. The van der Waals surface area contributed by atoms with Gasteiger partial charge in [0, 0.05) is 49.4 Å². The maximum atomic E-state index is 11.8. The molecule has 1 atom stereocenters. The van der Waals surface area contributed by atoms with Gasteiger partial charge in [0.15, 0.2) is 5.82 Å². The molecule has 0 radical (unpaired) electrons. The lowest BCUT2D eigenvalue weighted by molar-refractivity contribution is -0.0332. The van der Waals surface area contributed by atoms with E-state index in [1.165, 1.54) is 0 Å². The lowest BCUT2D eigenvalue weighted by Crippen LogP contribution is -2.38. The largest absolute Gasteiger partial charge is 0.457 e. The summed E-state index contributed by atoms with van der Waals surface area (Å²) in [6.07, 6.45) is 8.80. The molecule has 0 saturated carbocycles. The second kappa shape index (κ2) is 7.38. The molecular formula is C21H21N5O3. The van der Waals surface area contributed by atoms with Gasteiger partial charge in [0.25, 0.3) is 0 Å². The van der Waals surface area contributed by atoms with Crippen molar-refractivity contribution in [3.63, 3.8) is 0 Å². The molecule has 5 rings (SSSR count). The molecule has 2 aliphatic rings. The summed E-state index contributed by atoms with van der Waals surface area (Å²) in [6.45, 7) is 5.49. The Morgan fingerprint density at radius 1 is 1.24 bits per heavy atom. The van der Waals surface area contributed by atoms with Gasteiger partial charge in [-0.15, -0.1) is 0 Å². The number of cyclic esters (lactones) is 1. The molecule has 8 heteroatoms. The first-order valence-electron chi connectivity index (χ1n) is 9.62. The van der Waals surface area contributed by atoms with E-state index in [0.717, 1.165) is 41.9 Å². The van der Waals surface area contributed by atoms with Crippen LogP contribution in [0.4, 0.5) is 0 Å². The standard InChI is InChI=1S/C21H21N5O3/c1-14-16(2-3-17-18(14)13-29-21(17)27)19-12-25(6-7-28-19)10-15-8-24-26(11-15)20-9-22-4-5-23-20/h2-5,8-9,11,19H,6-7,10,12-13H2,1H3/t19-/m0/s1. The second-order valence-electron chi connectivity index (χ2n) is 7.33. The van der Waals surface area contributed by atoms with Crippen LogP contribution in [0, 0.1) is 6.92 Å². The van der Waals surface area contributed by atoms with Crippen molar-refractivity contribution in [2.75, 3.05) is 19.7 Å². The van der Waals surface area contributed by atoms with Crippen LogP contribution in [0.3, 0.4) is 0 Å². The molecule has 0 amide bonds. The third-order valence-electron chi connectivity index (χ3n) is 5.53. The summed E-state index contributed by atoms with van der Waals surface area (Å²) in [6, 6.07) is 3.86. The van der Waals surface area contributed by atoms with E-state index in [-0.39, 0.29) is 12.1 Å². The fourth-order valence-electron chi connectivity index (χ4n) is 3.99. The summed E-state index contributed by atoms with van der Waals surface area (Å²) in [5.41, 5.74) is 4.99. The highest BCUT2D eigenvalue weighted by Crippen LogP contribution is 2.32. The van der Waals surface area contributed by atoms with Crippen LogP contribution in [0.15, 0.2) is 43.1 Å². The van der Waals surface area contributed by atoms with Crippen LogP contribution in [-0.2, 0) is 22.6 Å². The van der Waals surface area contributed by atoms with E-state index in [4.69, 9.17) is 9.47 Å². The van der Waals surface area contributed by atoms with Gasteiger partial charge in [-0.25, -0.2) is 14.5 Å². The van der Waals surface area contributed by atoms with Crippen LogP contribution in [0.1, 0.15) is 38.7 Å². The first-order valence-corrected chi connectivity index (χ1v) is 9.62. The minimum absolute atomic E-state index is 0.0280. The first-order chi connectivity index (χ1) is 14.2. The molecule has 8 nitrogen and oxygen atoms in total. The molecule has 4 heterocycles. The van der Waals surface area contributed by atoms with Gasteiger partial charge in [-0.1, -0.05) is 6.07 Å². The molecule has 3 aromatic rings. The Labute approximate surface area is 168 Å². The molecule has 2 aromatic heterocycles. The third kappa shape index (κ3) is 3.41. The summed E-state index contributed by atoms with van der Waals surface area (Å²) in [4.78, 5) is 22.5. The molecule has 1 fully saturated rings. The topological polar surface area (TPSA) is 82.4 Å². The lowest BCUT2D eigenvalue weighted by Gasteiger charge is -2.33. The second-order valence-corrected chi connectivity index (χ2v) is 7.33. The smallest absolute Gasteiger partial charge is 0.338 e. The van der Waals surface area contributed by atoms with Crippen molar-refractivity contribution in [2.45, 2.75) is 26.2 Å². The van der Waals surface area contributed by atoms with Crippen molar-refractivity contribution < 1.29 is 14.3 Å². The fourth-order valence-corrected chi connectivity index (χ4v) is 3.99. The number of hydrogen-bond acceptors (Lipinski definition) is 7. The maximum Gasteiger partial charge on any atom is 0.338 e. The molecule has 148 valence electrons. The Morgan fingerprint density at radius 2 is 2.17 bits per heavy atom. The number of carbonyl (C=O) groups is 1. The minimum atomic E-state index is -0.235. The van der Waals surface area contributed by atoms with Gasteiger partial charge in [-0.3, -0.25) is 9.88 Å². The van der Waals surface area contributed by atoms with E-state index in [0.29, 0.717) is 24.6 Å². The third-order valence-corrected chi connectivity index (χ3v) is 5.53. The number of fused-ring (bicyclic) bond motifs is 1. The first kappa shape index (κ1) is 18.0. The minimum Gasteiger partial charge on any atom is -0.457 e. The summed E-state index contributed by atoms with van der Waals surface area (Å²) in [7, 11) is 0. The Bertz CT molecular complexity index is 1050. The number of ether oxygens (including phenoxy) is 2. The van der Waals surface area contributed by atoms with Crippen molar-refractivity contribution in [1.29, 1.82) is 0 Å². The lowest BCUT2D eigenvalue weighted by atomic mass is 9.94. The molecular weight excluding hydrogens is 370 g/mol. The molecule has 29 heavy (non-hydrogen) atoms. The Kier molecular flexibility index (Phi) is 4.57. The normalized spacial score (nSPS) is 19.2. The Hall–Kier alpha value is -3.10. The molecule has 1 saturated heterocycles. The van der Waals surface area contributed by atoms with Crippen molar-refractivity contribution in [3.05, 3.63) is 70.9 Å². The van der Waals surface area contributed by atoms with Crippen molar-refractivity contribution in [1.82, 2.24) is 24.6 Å². The van der Waals surface area contributed by atoms with Crippen molar-refractivity contribution in [3.8, 4) is 5.82 Å². The predicted octanol–water partition coefficient (Wildman–Crippen LogP) is 2.21. The number of esters is 1. The van der Waals surface area contributed by atoms with Crippen LogP contribution in [0.25, 0.3) is 5.82 Å². The summed E-state index contributed by atoms with van der Waals surface area (Å²) >= 11 is 0. The van der Waals surface area contributed by atoms with Gasteiger partial charge < -0.3 is 9.47 Å². The van der Waals surface area contributed by atoms with E-state index in [1.54, 1.807) is 23.3 Å². The molecule has 0 unspecified atom stereocenters. The number of carbonyl (C=O) groups excluding carboxylic acids is 1. The zero-order valence-corrected chi connectivity index (χ0v) is 16.1. The van der Waals surface area contributed by atoms with E-state index in [1.807, 2.05) is 31.5 Å². The highest BCUT2D eigenvalue weighted by atomic mass is 16.5. The van der Waals surface area contributed by atoms with Gasteiger partial charge >= 0.3 is 5.97 Å². The van der Waals surface area contributed by atoms with Crippen LogP contribution in [-0.4, -0.2) is 50.3 Å². The highest BCUT2D eigenvalue weighted by molar-refractivity contribution is 5.93. The molecule has 0 spiro atoms. The van der Waals surface area contributed by atoms with Crippen molar-refractivity contribution >= 4 is 5.97 Å². The number of aromatic nitrogens is 4. The SMILES string of the molecule is Cc1c([C@@H]2CN(Cc3cnn(-c4cnccn4)c3)CCO2)ccc2c1COC2=O. The van der Waals surface area contributed by atoms with E-state index >= 15 is 0 Å². The average Bonchev–Trinajstić information content (AvgIpc) is 3.37. The predicted molar refractivity (Wildman–Crippen MR) is 103 cm³/mol. The van der Waals surface area contributed by atoms with E-state index in [2.05, 4.69) is 20.0 Å². The fraction of sp³-hybridized carbons (Fsp3) is 0.333. The maximum absolute atomic E-state index is 11.8. The molecule has 0 N–H and O–H groups in total. The van der Waals surface area contributed by atoms with Crippen LogP contribution in [0.2, 0.25) is 0 Å². The van der Waals surface area contributed by atoms with Gasteiger partial charge in [-0.2, -0.15) is 5.10 Å². The van der Waals surface area contributed by atoms with Crippen LogP contribution in [0.5, 0.6) is 0 Å². The average molecular weight is 391 g/mol. The van der Waals surface area contributed by atoms with Gasteiger partial charge in [0.1, 0.15) is 6.61 Å². The zero-order chi connectivity index (χ0) is 19.8. The summed E-state index contributed by atoms with van der Waals surface area (Å²) in [5, 5.41) is 4.40.